The summed E-state index contributed by atoms with van der Waals surface area (Å²) < 4.78 is 1.22. The molecule has 4 nitrogen and oxygen atoms in total. The van der Waals surface area contributed by atoms with Gasteiger partial charge in [0.1, 0.15) is 5.52 Å². The topological polar surface area (TPSA) is 58.6 Å². The molecule has 0 aliphatic rings. The molecule has 3 aromatic heterocycles. The van der Waals surface area contributed by atoms with Gasteiger partial charge in [-0.1, -0.05) is 39.0 Å². The van der Waals surface area contributed by atoms with Gasteiger partial charge in [-0.25, -0.2) is 9.97 Å². The molecule has 0 fully saturated rings. The third-order valence-corrected chi connectivity index (χ3v) is 5.12. The van der Waals surface area contributed by atoms with Crippen LogP contribution in [-0.4, -0.2) is 20.7 Å². The summed E-state index contributed by atoms with van der Waals surface area (Å²) in [5.41, 5.74) is 2.24. The first kappa shape index (κ1) is 15.0. The normalized spacial score (nSPS) is 12.1. The summed E-state index contributed by atoms with van der Waals surface area (Å²) in [6, 6.07) is 10.4. The van der Waals surface area contributed by atoms with E-state index in [0.717, 1.165) is 10.6 Å². The minimum absolute atomic E-state index is 0.0662. The quantitative estimate of drug-likeness (QED) is 0.520. The fraction of sp³-hybridized carbons (Fsp3) is 0.211. The van der Waals surface area contributed by atoms with E-state index in [4.69, 9.17) is 4.98 Å². The molecule has 0 aliphatic carbocycles. The zero-order valence-electron chi connectivity index (χ0n) is 13.8. The summed E-state index contributed by atoms with van der Waals surface area (Å²) >= 11 is 1.68. The lowest BCUT2D eigenvalue weighted by molar-refractivity contribution is 0.0860. The van der Waals surface area contributed by atoms with Crippen LogP contribution in [-0.2, 0) is 0 Å². The Kier molecular flexibility index (Phi) is 3.28. The van der Waals surface area contributed by atoms with Crippen molar-refractivity contribution in [2.24, 2.45) is 5.41 Å². The van der Waals surface area contributed by atoms with Gasteiger partial charge in [0.2, 0.25) is 0 Å². The molecule has 24 heavy (non-hydrogen) atoms. The molecule has 3 heterocycles. The lowest BCUT2D eigenvalue weighted by Crippen LogP contribution is -2.20. The summed E-state index contributed by atoms with van der Waals surface area (Å²) in [7, 11) is 0. The standard InChI is InChI=1S/C19H17N3OS/c1-19(2,3)17(23)12-9-20-18-16(12)22-13(10-21-18)15-8-11-6-4-5-7-14(11)24-15/h4-10H,1-3H3,(H,20,21). The number of carbonyl (C=O) groups excluding carboxylic acids is 1. The molecule has 0 saturated carbocycles. The van der Waals surface area contributed by atoms with Gasteiger partial charge in [0.25, 0.3) is 0 Å². The van der Waals surface area contributed by atoms with Crippen LogP contribution in [0, 0.1) is 5.41 Å². The zero-order chi connectivity index (χ0) is 16.9. The number of aromatic nitrogens is 3. The molecule has 4 rings (SSSR count). The summed E-state index contributed by atoms with van der Waals surface area (Å²) in [5.74, 6) is 0.0662. The van der Waals surface area contributed by atoms with Crippen LogP contribution in [0.3, 0.4) is 0 Å². The molecular formula is C19H17N3OS. The van der Waals surface area contributed by atoms with E-state index in [1.165, 1.54) is 10.1 Å². The van der Waals surface area contributed by atoms with Crippen LogP contribution in [0.5, 0.6) is 0 Å². The summed E-state index contributed by atoms with van der Waals surface area (Å²) in [5, 5.41) is 1.19. The lowest BCUT2D eigenvalue weighted by Gasteiger charge is -2.15. The number of hydrogen-bond donors (Lipinski definition) is 1. The van der Waals surface area contributed by atoms with Crippen molar-refractivity contribution in [3.8, 4) is 10.6 Å². The number of nitrogens with zero attached hydrogens (tertiary/aromatic N) is 2. The second-order valence-electron chi connectivity index (χ2n) is 6.88. The number of benzene rings is 1. The van der Waals surface area contributed by atoms with Gasteiger partial charge in [-0.15, -0.1) is 11.3 Å². The van der Waals surface area contributed by atoms with Gasteiger partial charge in [-0.3, -0.25) is 4.79 Å². The highest BCUT2D eigenvalue weighted by atomic mass is 32.1. The van der Waals surface area contributed by atoms with E-state index in [-0.39, 0.29) is 5.78 Å². The molecule has 1 N–H and O–H groups in total. The van der Waals surface area contributed by atoms with Crippen LogP contribution >= 0.6 is 11.3 Å². The number of rotatable bonds is 2. The molecule has 1 aromatic carbocycles. The highest BCUT2D eigenvalue weighted by molar-refractivity contribution is 7.22. The largest absolute Gasteiger partial charge is 0.344 e. The Labute approximate surface area is 143 Å². The molecular weight excluding hydrogens is 318 g/mol. The van der Waals surface area contributed by atoms with E-state index in [2.05, 4.69) is 28.2 Å². The van der Waals surface area contributed by atoms with E-state index >= 15 is 0 Å². The van der Waals surface area contributed by atoms with Gasteiger partial charge in [0.05, 0.1) is 22.3 Å². The molecule has 120 valence electrons. The lowest BCUT2D eigenvalue weighted by atomic mass is 9.87. The molecule has 0 bridgehead atoms. The predicted molar refractivity (Wildman–Crippen MR) is 98.5 cm³/mol. The fourth-order valence-corrected chi connectivity index (χ4v) is 3.71. The smallest absolute Gasteiger partial charge is 0.171 e. The van der Waals surface area contributed by atoms with Crippen molar-refractivity contribution in [1.82, 2.24) is 15.0 Å². The summed E-state index contributed by atoms with van der Waals surface area (Å²) in [4.78, 5) is 25.9. The molecule has 0 saturated heterocycles. The van der Waals surface area contributed by atoms with Crippen LogP contribution in [0.15, 0.2) is 42.7 Å². The van der Waals surface area contributed by atoms with Gasteiger partial charge in [0.15, 0.2) is 11.4 Å². The maximum absolute atomic E-state index is 12.6. The van der Waals surface area contributed by atoms with Crippen molar-refractivity contribution in [2.75, 3.05) is 0 Å². The highest BCUT2D eigenvalue weighted by Crippen LogP contribution is 2.33. The third kappa shape index (κ3) is 2.41. The van der Waals surface area contributed by atoms with Gasteiger partial charge in [-0.05, 0) is 17.5 Å². The van der Waals surface area contributed by atoms with Crippen molar-refractivity contribution >= 4 is 38.4 Å². The number of ketones is 1. The molecule has 0 atom stereocenters. The molecule has 0 spiro atoms. The van der Waals surface area contributed by atoms with E-state index in [1.54, 1.807) is 23.7 Å². The molecule has 5 heteroatoms. The molecule has 0 aliphatic heterocycles. The number of aromatic amines is 1. The predicted octanol–water partition coefficient (Wildman–Crippen LogP) is 5.07. The monoisotopic (exact) mass is 335 g/mol. The molecule has 0 amide bonds. The van der Waals surface area contributed by atoms with E-state index in [0.29, 0.717) is 16.7 Å². The maximum Gasteiger partial charge on any atom is 0.171 e. The van der Waals surface area contributed by atoms with Crippen LogP contribution in [0.25, 0.3) is 31.8 Å². The second-order valence-corrected chi connectivity index (χ2v) is 7.97. The number of nitrogens with one attached hydrogen (secondary N) is 1. The number of thiophene rings is 1. The minimum Gasteiger partial charge on any atom is -0.344 e. The van der Waals surface area contributed by atoms with Crippen molar-refractivity contribution in [3.05, 3.63) is 48.3 Å². The average molecular weight is 335 g/mol. The Morgan fingerprint density at radius 1 is 1.21 bits per heavy atom. The summed E-state index contributed by atoms with van der Waals surface area (Å²) in [6.45, 7) is 5.74. The van der Waals surface area contributed by atoms with E-state index in [1.807, 2.05) is 32.9 Å². The second kappa shape index (κ2) is 5.24. The first-order valence-electron chi connectivity index (χ1n) is 7.81. The third-order valence-electron chi connectivity index (χ3n) is 3.98. The first-order chi connectivity index (χ1) is 11.4. The molecule has 0 radical (unpaired) electrons. The minimum atomic E-state index is -0.454. The molecule has 0 unspecified atom stereocenters. The average Bonchev–Trinajstić information content (AvgIpc) is 3.16. The van der Waals surface area contributed by atoms with E-state index < -0.39 is 5.41 Å². The van der Waals surface area contributed by atoms with Crippen molar-refractivity contribution in [1.29, 1.82) is 0 Å². The number of H-pyrrole nitrogens is 1. The van der Waals surface area contributed by atoms with Gasteiger partial charge < -0.3 is 4.98 Å². The van der Waals surface area contributed by atoms with Crippen molar-refractivity contribution in [2.45, 2.75) is 20.8 Å². The van der Waals surface area contributed by atoms with Gasteiger partial charge in [-0.2, -0.15) is 0 Å². The first-order valence-corrected chi connectivity index (χ1v) is 8.63. The fourth-order valence-electron chi connectivity index (χ4n) is 2.70. The van der Waals surface area contributed by atoms with Crippen LogP contribution in [0.4, 0.5) is 0 Å². The Bertz CT molecular complexity index is 1040. The van der Waals surface area contributed by atoms with Crippen LogP contribution in [0.1, 0.15) is 31.1 Å². The highest BCUT2D eigenvalue weighted by Gasteiger charge is 2.26. The van der Waals surface area contributed by atoms with Crippen molar-refractivity contribution < 1.29 is 4.79 Å². The zero-order valence-corrected chi connectivity index (χ0v) is 14.6. The van der Waals surface area contributed by atoms with Gasteiger partial charge >= 0.3 is 0 Å². The SMILES string of the molecule is CC(C)(C)C(=O)c1c[nH]c2ncc(-c3cc4ccccc4s3)nc12. The van der Waals surface area contributed by atoms with E-state index in [9.17, 15) is 4.79 Å². The Balaban J connectivity index is 1.87. The van der Waals surface area contributed by atoms with Crippen LogP contribution in [0.2, 0.25) is 0 Å². The Hall–Kier alpha value is -2.53. The molecule has 4 aromatic rings. The van der Waals surface area contributed by atoms with Crippen LogP contribution < -0.4 is 0 Å². The number of hydrogen-bond acceptors (Lipinski definition) is 4. The number of carbonyl (C=O) groups is 1. The van der Waals surface area contributed by atoms with Gasteiger partial charge in [0, 0.05) is 16.3 Å². The Morgan fingerprint density at radius 3 is 2.75 bits per heavy atom. The number of Topliss-reactive ketones (excluding diaryl/α,β-unsaturated/α-hetero) is 1. The number of fused-ring (bicyclic) bond motifs is 2. The summed E-state index contributed by atoms with van der Waals surface area (Å²) in [6.07, 6.45) is 3.47. The van der Waals surface area contributed by atoms with Crippen molar-refractivity contribution in [3.63, 3.8) is 0 Å². The Morgan fingerprint density at radius 2 is 2.00 bits per heavy atom. The maximum atomic E-state index is 12.6.